The number of nitrogens with zero attached hydrogens (tertiary/aromatic N) is 2. The number of hydrogen-bond acceptors (Lipinski definition) is 4. The number of carbonyl (C=O) groups excluding carboxylic acids is 2. The number of sulfonamides is 1. The van der Waals surface area contributed by atoms with Crippen LogP contribution in [0.3, 0.4) is 0 Å². The maximum absolute atomic E-state index is 13.4. The van der Waals surface area contributed by atoms with Crippen molar-refractivity contribution >= 4 is 27.5 Å². The number of anilines is 1. The molecule has 2 amide bonds. The minimum absolute atomic E-state index is 0.0977. The van der Waals surface area contributed by atoms with Crippen molar-refractivity contribution in [2.75, 3.05) is 23.7 Å². The zero-order chi connectivity index (χ0) is 21.2. The van der Waals surface area contributed by atoms with Gasteiger partial charge in [-0.3, -0.25) is 13.9 Å². The molecule has 8 heteroatoms. The number of hydrogen-bond donors (Lipinski definition) is 1. The van der Waals surface area contributed by atoms with Crippen LogP contribution in [0.4, 0.5) is 5.69 Å². The number of rotatable bonds is 5. The van der Waals surface area contributed by atoms with Crippen LogP contribution in [0.2, 0.25) is 0 Å². The smallest absolute Gasteiger partial charge is 0.256 e. The van der Waals surface area contributed by atoms with Crippen LogP contribution in [-0.2, 0) is 14.8 Å². The number of nitrogens with one attached hydrogen (secondary N) is 1. The van der Waals surface area contributed by atoms with Gasteiger partial charge in [-0.05, 0) is 30.9 Å². The molecule has 0 saturated heterocycles. The Kier molecular flexibility index (Phi) is 6.51. The highest BCUT2D eigenvalue weighted by Crippen LogP contribution is 2.29. The van der Waals surface area contributed by atoms with Crippen LogP contribution in [0, 0.1) is 5.92 Å². The average Bonchev–Trinajstić information content (AvgIpc) is 2.80. The maximum atomic E-state index is 13.4. The zero-order valence-corrected chi connectivity index (χ0v) is 18.2. The molecule has 1 atom stereocenters. The van der Waals surface area contributed by atoms with Gasteiger partial charge in [0, 0.05) is 12.6 Å². The first-order valence-electron chi connectivity index (χ1n) is 10.4. The summed E-state index contributed by atoms with van der Waals surface area (Å²) in [5, 5.41) is 3.14. The zero-order valence-electron chi connectivity index (χ0n) is 17.4. The summed E-state index contributed by atoms with van der Waals surface area (Å²) in [7, 11) is -3.54. The van der Waals surface area contributed by atoms with E-state index >= 15 is 0 Å². The first-order valence-corrected chi connectivity index (χ1v) is 12.2. The van der Waals surface area contributed by atoms with E-state index in [-0.39, 0.29) is 36.9 Å². The van der Waals surface area contributed by atoms with E-state index in [1.165, 1.54) is 10.7 Å². The molecule has 0 spiro atoms. The van der Waals surface area contributed by atoms with Crippen molar-refractivity contribution in [3.05, 3.63) is 29.8 Å². The summed E-state index contributed by atoms with van der Waals surface area (Å²) < 4.78 is 25.9. The van der Waals surface area contributed by atoms with Crippen molar-refractivity contribution in [1.82, 2.24) is 10.2 Å². The summed E-state index contributed by atoms with van der Waals surface area (Å²) in [5.41, 5.74) is 0.684. The standard InChI is InChI=1S/C21H31N3O4S/c1-15(2)19(20(25)22-16-9-5-4-6-10-16)23-13-14-24(29(3,27)28)18-12-8-7-11-17(18)21(23)26/h7-8,11-12,15-16,19H,4-6,9-10,13-14H2,1-3H3,(H,22,25). The topological polar surface area (TPSA) is 86.8 Å². The second-order valence-electron chi connectivity index (χ2n) is 8.38. The lowest BCUT2D eigenvalue weighted by Crippen LogP contribution is -2.55. The molecule has 1 fully saturated rings. The molecule has 0 radical (unpaired) electrons. The van der Waals surface area contributed by atoms with E-state index in [1.807, 2.05) is 13.8 Å². The second kappa shape index (κ2) is 8.73. The third kappa shape index (κ3) is 4.74. The minimum atomic E-state index is -3.54. The molecule has 2 aliphatic rings. The molecule has 1 aromatic carbocycles. The van der Waals surface area contributed by atoms with Gasteiger partial charge in [0.2, 0.25) is 15.9 Å². The fraction of sp³-hybridized carbons (Fsp3) is 0.619. The summed E-state index contributed by atoms with van der Waals surface area (Å²) in [6, 6.07) is 6.22. The van der Waals surface area contributed by atoms with Crippen LogP contribution < -0.4 is 9.62 Å². The van der Waals surface area contributed by atoms with Crippen LogP contribution in [0.15, 0.2) is 24.3 Å². The number of para-hydroxylation sites is 1. The lowest BCUT2D eigenvalue weighted by Gasteiger charge is -2.34. The third-order valence-electron chi connectivity index (χ3n) is 5.80. The molecule has 1 aromatic rings. The molecule has 1 N–H and O–H groups in total. The van der Waals surface area contributed by atoms with E-state index in [0.717, 1.165) is 31.9 Å². The van der Waals surface area contributed by atoms with Gasteiger partial charge in [-0.2, -0.15) is 0 Å². The van der Waals surface area contributed by atoms with Crippen molar-refractivity contribution in [3.8, 4) is 0 Å². The number of fused-ring (bicyclic) bond motifs is 1. The summed E-state index contributed by atoms with van der Waals surface area (Å²) >= 11 is 0. The van der Waals surface area contributed by atoms with Gasteiger partial charge < -0.3 is 10.2 Å². The minimum Gasteiger partial charge on any atom is -0.352 e. The first-order chi connectivity index (χ1) is 13.7. The molecule has 29 heavy (non-hydrogen) atoms. The van der Waals surface area contributed by atoms with Gasteiger partial charge in [0.05, 0.1) is 24.1 Å². The third-order valence-corrected chi connectivity index (χ3v) is 6.98. The van der Waals surface area contributed by atoms with Gasteiger partial charge in [0.15, 0.2) is 0 Å². The Morgan fingerprint density at radius 3 is 2.38 bits per heavy atom. The molecule has 160 valence electrons. The van der Waals surface area contributed by atoms with Gasteiger partial charge >= 0.3 is 0 Å². The number of benzene rings is 1. The average molecular weight is 422 g/mol. The fourth-order valence-corrected chi connectivity index (χ4v) is 5.32. The molecule has 1 aliphatic heterocycles. The molecule has 3 rings (SSSR count). The fourth-order valence-electron chi connectivity index (χ4n) is 4.39. The largest absolute Gasteiger partial charge is 0.352 e. The van der Waals surface area contributed by atoms with E-state index in [1.54, 1.807) is 29.2 Å². The Labute approximate surface area is 173 Å². The van der Waals surface area contributed by atoms with Gasteiger partial charge in [-0.15, -0.1) is 0 Å². The molecule has 1 heterocycles. The predicted molar refractivity (Wildman–Crippen MR) is 113 cm³/mol. The predicted octanol–water partition coefficient (Wildman–Crippen LogP) is 2.38. The molecule has 1 aliphatic carbocycles. The molecular formula is C21H31N3O4S. The summed E-state index contributed by atoms with van der Waals surface area (Å²) in [4.78, 5) is 28.1. The van der Waals surface area contributed by atoms with Crippen LogP contribution in [0.1, 0.15) is 56.3 Å². The summed E-state index contributed by atoms with van der Waals surface area (Å²) in [5.74, 6) is -0.547. The van der Waals surface area contributed by atoms with Crippen molar-refractivity contribution < 1.29 is 18.0 Å². The van der Waals surface area contributed by atoms with Gasteiger partial charge in [0.1, 0.15) is 6.04 Å². The van der Waals surface area contributed by atoms with E-state index in [4.69, 9.17) is 0 Å². The van der Waals surface area contributed by atoms with Gasteiger partial charge in [-0.1, -0.05) is 45.2 Å². The maximum Gasteiger partial charge on any atom is 0.256 e. The SMILES string of the molecule is CC(C)C(C(=O)NC1CCCCC1)N1CCN(S(C)(=O)=O)c2ccccc2C1=O. The van der Waals surface area contributed by atoms with Crippen LogP contribution >= 0.6 is 0 Å². The molecule has 1 unspecified atom stereocenters. The number of amides is 2. The lowest BCUT2D eigenvalue weighted by atomic mass is 9.94. The molecule has 7 nitrogen and oxygen atoms in total. The highest BCUT2D eigenvalue weighted by Gasteiger charge is 2.38. The van der Waals surface area contributed by atoms with Crippen molar-refractivity contribution in [1.29, 1.82) is 0 Å². The Balaban J connectivity index is 1.91. The number of carbonyl (C=O) groups is 2. The van der Waals surface area contributed by atoms with Crippen molar-refractivity contribution in [2.24, 2.45) is 5.92 Å². The molecule has 0 aromatic heterocycles. The first kappa shape index (κ1) is 21.6. The van der Waals surface area contributed by atoms with Crippen molar-refractivity contribution in [2.45, 2.75) is 58.0 Å². The van der Waals surface area contributed by atoms with E-state index < -0.39 is 16.1 Å². The molecule has 1 saturated carbocycles. The quantitative estimate of drug-likeness (QED) is 0.791. The Bertz CT molecular complexity index is 862. The Morgan fingerprint density at radius 1 is 1.10 bits per heavy atom. The second-order valence-corrected chi connectivity index (χ2v) is 10.3. The Hall–Kier alpha value is -2.09. The van der Waals surface area contributed by atoms with E-state index in [9.17, 15) is 18.0 Å². The molecular weight excluding hydrogens is 390 g/mol. The van der Waals surface area contributed by atoms with Crippen LogP contribution in [0.25, 0.3) is 0 Å². The summed E-state index contributed by atoms with van der Waals surface area (Å²) in [6.07, 6.45) is 6.49. The summed E-state index contributed by atoms with van der Waals surface area (Å²) in [6.45, 7) is 4.14. The lowest BCUT2D eigenvalue weighted by molar-refractivity contribution is -0.128. The van der Waals surface area contributed by atoms with Gasteiger partial charge in [-0.25, -0.2) is 8.42 Å². The Morgan fingerprint density at radius 2 is 1.76 bits per heavy atom. The normalized spacial score (nSPS) is 19.7. The van der Waals surface area contributed by atoms with E-state index in [2.05, 4.69) is 5.32 Å². The highest BCUT2D eigenvalue weighted by molar-refractivity contribution is 7.92. The van der Waals surface area contributed by atoms with Crippen LogP contribution in [-0.4, -0.2) is 56.6 Å². The van der Waals surface area contributed by atoms with Crippen molar-refractivity contribution in [3.63, 3.8) is 0 Å². The van der Waals surface area contributed by atoms with Gasteiger partial charge in [0.25, 0.3) is 5.91 Å². The van der Waals surface area contributed by atoms with Crippen LogP contribution in [0.5, 0.6) is 0 Å². The highest BCUT2D eigenvalue weighted by atomic mass is 32.2. The van der Waals surface area contributed by atoms with E-state index in [0.29, 0.717) is 11.3 Å². The monoisotopic (exact) mass is 421 g/mol. The molecule has 0 bridgehead atoms.